The minimum atomic E-state index is 0.600. The van der Waals surface area contributed by atoms with Crippen molar-refractivity contribution in [2.75, 3.05) is 23.8 Å². The van der Waals surface area contributed by atoms with Crippen LogP contribution in [0.15, 0.2) is 6.07 Å². The molecule has 0 spiro atoms. The second-order valence-corrected chi connectivity index (χ2v) is 5.60. The van der Waals surface area contributed by atoms with Crippen molar-refractivity contribution in [2.24, 2.45) is 0 Å². The lowest BCUT2D eigenvalue weighted by molar-refractivity contribution is 0.736. The standard InChI is InChI=1S/C15H26N4/c1-4-5-10-19(3)15-16-12(2)11-14(18-15)17-13-8-6-7-9-13/h11,13H,4-10H2,1-3H3,(H,16,17,18). The lowest BCUT2D eigenvalue weighted by atomic mass is 10.2. The van der Waals surface area contributed by atoms with Gasteiger partial charge in [0.25, 0.3) is 0 Å². The largest absolute Gasteiger partial charge is 0.367 e. The fourth-order valence-electron chi connectivity index (χ4n) is 2.57. The molecule has 1 aromatic rings. The van der Waals surface area contributed by atoms with E-state index in [1.807, 2.05) is 6.92 Å². The monoisotopic (exact) mass is 262 g/mol. The summed E-state index contributed by atoms with van der Waals surface area (Å²) in [5.41, 5.74) is 1.04. The molecule has 0 radical (unpaired) electrons. The minimum Gasteiger partial charge on any atom is -0.367 e. The smallest absolute Gasteiger partial charge is 0.227 e. The van der Waals surface area contributed by atoms with E-state index >= 15 is 0 Å². The van der Waals surface area contributed by atoms with E-state index in [-0.39, 0.29) is 0 Å². The highest BCUT2D eigenvalue weighted by Crippen LogP contribution is 2.22. The summed E-state index contributed by atoms with van der Waals surface area (Å²) in [6, 6.07) is 2.65. The highest BCUT2D eigenvalue weighted by molar-refractivity contribution is 5.44. The van der Waals surface area contributed by atoms with Gasteiger partial charge in [-0.15, -0.1) is 0 Å². The van der Waals surface area contributed by atoms with Gasteiger partial charge < -0.3 is 10.2 Å². The zero-order valence-corrected chi connectivity index (χ0v) is 12.4. The summed E-state index contributed by atoms with van der Waals surface area (Å²) in [4.78, 5) is 11.3. The van der Waals surface area contributed by atoms with E-state index in [0.29, 0.717) is 6.04 Å². The molecular weight excluding hydrogens is 236 g/mol. The Bertz CT molecular complexity index is 399. The number of hydrogen-bond donors (Lipinski definition) is 1. The lowest BCUT2D eigenvalue weighted by Crippen LogP contribution is -2.23. The summed E-state index contributed by atoms with van der Waals surface area (Å²) in [5, 5.41) is 3.56. The lowest BCUT2D eigenvalue weighted by Gasteiger charge is -2.19. The topological polar surface area (TPSA) is 41.1 Å². The van der Waals surface area contributed by atoms with Crippen LogP contribution in [-0.4, -0.2) is 29.6 Å². The summed E-state index contributed by atoms with van der Waals surface area (Å²) in [7, 11) is 2.07. The van der Waals surface area contributed by atoms with E-state index in [9.17, 15) is 0 Å². The van der Waals surface area contributed by atoms with Crippen LogP contribution in [0.1, 0.15) is 51.1 Å². The first-order valence-corrected chi connectivity index (χ1v) is 7.52. The van der Waals surface area contributed by atoms with E-state index < -0.39 is 0 Å². The molecule has 1 fully saturated rings. The molecule has 1 aliphatic rings. The van der Waals surface area contributed by atoms with Crippen LogP contribution >= 0.6 is 0 Å². The van der Waals surface area contributed by atoms with E-state index in [2.05, 4.69) is 40.2 Å². The molecule has 0 amide bonds. The molecule has 1 N–H and O–H groups in total. The Hall–Kier alpha value is -1.32. The molecule has 106 valence electrons. The molecule has 1 heterocycles. The molecule has 2 rings (SSSR count). The number of aromatic nitrogens is 2. The maximum atomic E-state index is 4.65. The van der Waals surface area contributed by atoms with Crippen molar-refractivity contribution in [1.29, 1.82) is 0 Å². The van der Waals surface area contributed by atoms with Gasteiger partial charge in [0.05, 0.1) is 0 Å². The molecule has 4 heteroatoms. The average Bonchev–Trinajstić information content (AvgIpc) is 2.88. The Kier molecular flexibility index (Phi) is 5.00. The van der Waals surface area contributed by atoms with Crippen molar-refractivity contribution in [3.05, 3.63) is 11.8 Å². The SMILES string of the molecule is CCCCN(C)c1nc(C)cc(NC2CCCC2)n1. The van der Waals surface area contributed by atoms with Crippen LogP contribution in [0, 0.1) is 6.92 Å². The van der Waals surface area contributed by atoms with Gasteiger partial charge in [-0.2, -0.15) is 4.98 Å². The first kappa shape index (κ1) is 14.1. The molecule has 4 nitrogen and oxygen atoms in total. The normalized spacial score (nSPS) is 15.7. The van der Waals surface area contributed by atoms with Crippen molar-refractivity contribution >= 4 is 11.8 Å². The van der Waals surface area contributed by atoms with E-state index in [0.717, 1.165) is 24.0 Å². The van der Waals surface area contributed by atoms with Crippen molar-refractivity contribution in [3.63, 3.8) is 0 Å². The van der Waals surface area contributed by atoms with E-state index in [1.165, 1.54) is 38.5 Å². The molecule has 0 aliphatic heterocycles. The van der Waals surface area contributed by atoms with Crippen molar-refractivity contribution in [1.82, 2.24) is 9.97 Å². The number of nitrogens with zero attached hydrogens (tertiary/aromatic N) is 3. The van der Waals surface area contributed by atoms with Gasteiger partial charge in [-0.1, -0.05) is 26.2 Å². The fourth-order valence-corrected chi connectivity index (χ4v) is 2.57. The number of hydrogen-bond acceptors (Lipinski definition) is 4. The maximum absolute atomic E-state index is 4.65. The summed E-state index contributed by atoms with van der Waals surface area (Å²) in [5.74, 6) is 1.83. The molecular formula is C15H26N4. The molecule has 1 saturated carbocycles. The van der Waals surface area contributed by atoms with Crippen molar-refractivity contribution in [3.8, 4) is 0 Å². The van der Waals surface area contributed by atoms with Gasteiger partial charge >= 0.3 is 0 Å². The third kappa shape index (κ3) is 4.08. The molecule has 0 unspecified atom stereocenters. The van der Waals surface area contributed by atoms with Gasteiger partial charge in [-0.25, -0.2) is 4.98 Å². The van der Waals surface area contributed by atoms with Crippen LogP contribution in [0.3, 0.4) is 0 Å². The summed E-state index contributed by atoms with van der Waals surface area (Å²) < 4.78 is 0. The highest BCUT2D eigenvalue weighted by atomic mass is 15.2. The Morgan fingerprint density at radius 2 is 2.05 bits per heavy atom. The molecule has 1 aliphatic carbocycles. The first-order valence-electron chi connectivity index (χ1n) is 7.52. The number of anilines is 2. The van der Waals surface area contributed by atoms with Crippen LogP contribution in [0.5, 0.6) is 0 Å². The van der Waals surface area contributed by atoms with Crippen LogP contribution in [0.4, 0.5) is 11.8 Å². The predicted octanol–water partition coefficient (Wildman–Crippen LogP) is 3.38. The summed E-state index contributed by atoms with van der Waals surface area (Å²) in [6.45, 7) is 5.26. The van der Waals surface area contributed by atoms with Gasteiger partial charge in [-0.3, -0.25) is 0 Å². The zero-order valence-electron chi connectivity index (χ0n) is 12.4. The van der Waals surface area contributed by atoms with Crippen LogP contribution in [0.2, 0.25) is 0 Å². The molecule has 0 bridgehead atoms. The number of aryl methyl sites for hydroxylation is 1. The Labute approximate surface area is 116 Å². The Balaban J connectivity index is 2.05. The van der Waals surface area contributed by atoms with Gasteiger partial charge in [0.15, 0.2) is 0 Å². The third-order valence-electron chi connectivity index (χ3n) is 3.74. The number of rotatable bonds is 6. The van der Waals surface area contributed by atoms with Crippen molar-refractivity contribution < 1.29 is 0 Å². The van der Waals surface area contributed by atoms with Crippen LogP contribution in [-0.2, 0) is 0 Å². The van der Waals surface area contributed by atoms with Gasteiger partial charge in [0, 0.05) is 31.4 Å². The molecule has 0 atom stereocenters. The zero-order chi connectivity index (χ0) is 13.7. The van der Waals surface area contributed by atoms with Crippen LogP contribution < -0.4 is 10.2 Å². The summed E-state index contributed by atoms with van der Waals surface area (Å²) in [6.07, 6.45) is 7.59. The maximum Gasteiger partial charge on any atom is 0.227 e. The van der Waals surface area contributed by atoms with Crippen molar-refractivity contribution in [2.45, 2.75) is 58.4 Å². The van der Waals surface area contributed by atoms with Crippen LogP contribution in [0.25, 0.3) is 0 Å². The molecule has 19 heavy (non-hydrogen) atoms. The second kappa shape index (κ2) is 6.73. The summed E-state index contributed by atoms with van der Waals surface area (Å²) >= 11 is 0. The first-order chi connectivity index (χ1) is 9.19. The predicted molar refractivity (Wildman–Crippen MR) is 80.8 cm³/mol. The van der Waals surface area contributed by atoms with Gasteiger partial charge in [0.2, 0.25) is 5.95 Å². The fraction of sp³-hybridized carbons (Fsp3) is 0.733. The second-order valence-electron chi connectivity index (χ2n) is 5.60. The quantitative estimate of drug-likeness (QED) is 0.853. The molecule has 0 saturated heterocycles. The number of unbranched alkanes of at least 4 members (excludes halogenated alkanes) is 1. The Morgan fingerprint density at radius 3 is 2.74 bits per heavy atom. The third-order valence-corrected chi connectivity index (χ3v) is 3.74. The number of nitrogens with one attached hydrogen (secondary N) is 1. The average molecular weight is 262 g/mol. The highest BCUT2D eigenvalue weighted by Gasteiger charge is 2.16. The molecule has 1 aromatic heterocycles. The van der Waals surface area contributed by atoms with Gasteiger partial charge in [0.1, 0.15) is 5.82 Å². The van der Waals surface area contributed by atoms with E-state index in [1.54, 1.807) is 0 Å². The van der Waals surface area contributed by atoms with Gasteiger partial charge in [-0.05, 0) is 26.2 Å². The van der Waals surface area contributed by atoms with E-state index in [4.69, 9.17) is 0 Å². The minimum absolute atomic E-state index is 0.600. The Morgan fingerprint density at radius 1 is 1.32 bits per heavy atom. The molecule has 0 aromatic carbocycles.